The quantitative estimate of drug-likeness (QED) is 0.712. The van der Waals surface area contributed by atoms with Gasteiger partial charge in [-0.15, -0.1) is 0 Å². The summed E-state index contributed by atoms with van der Waals surface area (Å²) in [5.41, 5.74) is 1.19. The number of ether oxygens (including phenoxy) is 1. The topological polar surface area (TPSA) is 24.5 Å². The van der Waals surface area contributed by atoms with Gasteiger partial charge in [0, 0.05) is 37.3 Å². The van der Waals surface area contributed by atoms with Crippen LogP contribution in [0.5, 0.6) is 0 Å². The number of hydrogen-bond donors (Lipinski definition) is 1. The zero-order valence-electron chi connectivity index (χ0n) is 13.7. The molecule has 1 rings (SSSR count). The van der Waals surface area contributed by atoms with Crippen LogP contribution in [-0.2, 0) is 4.74 Å². The molecule has 0 bridgehead atoms. The maximum atomic E-state index is 6.34. The van der Waals surface area contributed by atoms with Gasteiger partial charge in [-0.25, -0.2) is 0 Å². The number of hydrogen-bond acceptors (Lipinski definition) is 3. The van der Waals surface area contributed by atoms with Crippen LogP contribution in [0.4, 0.5) is 0 Å². The third kappa shape index (κ3) is 6.35. The lowest BCUT2D eigenvalue weighted by Gasteiger charge is -2.29. The van der Waals surface area contributed by atoms with Gasteiger partial charge in [0.2, 0.25) is 0 Å². The summed E-state index contributed by atoms with van der Waals surface area (Å²) in [4.78, 5) is 2.45. The van der Waals surface area contributed by atoms with Crippen LogP contribution < -0.4 is 5.32 Å². The van der Waals surface area contributed by atoms with Gasteiger partial charge in [0.25, 0.3) is 0 Å². The van der Waals surface area contributed by atoms with Gasteiger partial charge >= 0.3 is 0 Å². The van der Waals surface area contributed by atoms with Gasteiger partial charge in [-0.1, -0.05) is 36.7 Å². The average Bonchev–Trinajstić information content (AvgIpc) is 2.46. The number of nitrogens with one attached hydrogen (secondary N) is 1. The van der Waals surface area contributed by atoms with E-state index in [0.29, 0.717) is 12.1 Å². The SMILES string of the molecule is CCNC(CCN(CCOC)C(C)C)c1ccccc1Cl. The third-order valence-corrected chi connectivity index (χ3v) is 4.09. The highest BCUT2D eigenvalue weighted by Crippen LogP contribution is 2.25. The minimum atomic E-state index is 0.299. The Hall–Kier alpha value is -0.610. The predicted octanol–water partition coefficient (Wildman–Crippen LogP) is 3.74. The Labute approximate surface area is 134 Å². The van der Waals surface area contributed by atoms with Crippen LogP contribution in [0.25, 0.3) is 0 Å². The highest BCUT2D eigenvalue weighted by atomic mass is 35.5. The fourth-order valence-corrected chi connectivity index (χ4v) is 2.77. The van der Waals surface area contributed by atoms with Gasteiger partial charge in [-0.05, 0) is 38.4 Å². The highest BCUT2D eigenvalue weighted by Gasteiger charge is 2.16. The molecule has 0 aliphatic rings. The number of benzene rings is 1. The smallest absolute Gasteiger partial charge is 0.0589 e. The molecule has 1 unspecified atom stereocenters. The fourth-order valence-electron chi connectivity index (χ4n) is 2.50. The molecule has 1 aromatic carbocycles. The molecule has 1 atom stereocenters. The molecule has 0 aromatic heterocycles. The molecule has 3 nitrogen and oxygen atoms in total. The van der Waals surface area contributed by atoms with E-state index < -0.39 is 0 Å². The number of nitrogens with zero attached hydrogens (tertiary/aromatic N) is 1. The molecule has 0 saturated heterocycles. The highest BCUT2D eigenvalue weighted by molar-refractivity contribution is 6.31. The van der Waals surface area contributed by atoms with E-state index in [1.165, 1.54) is 5.56 Å². The van der Waals surface area contributed by atoms with Crippen molar-refractivity contribution in [2.24, 2.45) is 0 Å². The summed E-state index contributed by atoms with van der Waals surface area (Å²) in [5.74, 6) is 0. The Balaban J connectivity index is 2.67. The van der Waals surface area contributed by atoms with Gasteiger partial charge in [0.1, 0.15) is 0 Å². The number of rotatable bonds is 10. The van der Waals surface area contributed by atoms with E-state index >= 15 is 0 Å². The monoisotopic (exact) mass is 312 g/mol. The van der Waals surface area contributed by atoms with Crippen molar-refractivity contribution in [1.29, 1.82) is 0 Å². The van der Waals surface area contributed by atoms with Crippen molar-refractivity contribution >= 4 is 11.6 Å². The lowest BCUT2D eigenvalue weighted by atomic mass is 10.0. The predicted molar refractivity (Wildman–Crippen MR) is 91.1 cm³/mol. The molecule has 120 valence electrons. The summed E-state index contributed by atoms with van der Waals surface area (Å²) < 4.78 is 5.20. The first-order valence-electron chi connectivity index (χ1n) is 7.80. The van der Waals surface area contributed by atoms with Gasteiger partial charge in [-0.3, -0.25) is 4.90 Å². The van der Waals surface area contributed by atoms with Crippen molar-refractivity contribution < 1.29 is 4.74 Å². The molecular formula is C17H29ClN2O. The van der Waals surface area contributed by atoms with Crippen molar-refractivity contribution in [1.82, 2.24) is 10.2 Å². The number of halogens is 1. The second-order valence-corrected chi connectivity index (χ2v) is 5.95. The van der Waals surface area contributed by atoms with E-state index in [4.69, 9.17) is 16.3 Å². The van der Waals surface area contributed by atoms with E-state index in [1.54, 1.807) is 7.11 Å². The molecule has 1 N–H and O–H groups in total. The lowest BCUT2D eigenvalue weighted by Crippen LogP contribution is -2.36. The van der Waals surface area contributed by atoms with Gasteiger partial charge in [0.15, 0.2) is 0 Å². The van der Waals surface area contributed by atoms with Crippen LogP contribution in [0, 0.1) is 0 Å². The molecule has 0 aliphatic carbocycles. The molecule has 0 fully saturated rings. The first-order chi connectivity index (χ1) is 10.1. The molecule has 0 radical (unpaired) electrons. The Kier molecular flexibility index (Phi) is 8.93. The minimum absolute atomic E-state index is 0.299. The van der Waals surface area contributed by atoms with E-state index in [9.17, 15) is 0 Å². The second kappa shape index (κ2) is 10.2. The minimum Gasteiger partial charge on any atom is -0.383 e. The van der Waals surface area contributed by atoms with Crippen LogP contribution in [0.3, 0.4) is 0 Å². The van der Waals surface area contributed by atoms with Gasteiger partial charge < -0.3 is 10.1 Å². The molecule has 1 aromatic rings. The number of methoxy groups -OCH3 is 1. The van der Waals surface area contributed by atoms with Crippen molar-refractivity contribution in [3.05, 3.63) is 34.9 Å². The fraction of sp³-hybridized carbons (Fsp3) is 0.647. The van der Waals surface area contributed by atoms with Crippen molar-refractivity contribution in [2.45, 2.75) is 39.3 Å². The zero-order valence-corrected chi connectivity index (χ0v) is 14.5. The van der Waals surface area contributed by atoms with E-state index in [0.717, 1.165) is 37.7 Å². The Morgan fingerprint density at radius 2 is 1.95 bits per heavy atom. The van der Waals surface area contributed by atoms with E-state index in [-0.39, 0.29) is 0 Å². The third-order valence-electron chi connectivity index (χ3n) is 3.75. The van der Waals surface area contributed by atoms with Gasteiger partial charge in [0.05, 0.1) is 6.61 Å². The maximum absolute atomic E-state index is 6.34. The van der Waals surface area contributed by atoms with E-state index in [2.05, 4.69) is 43.1 Å². The molecule has 0 amide bonds. The lowest BCUT2D eigenvalue weighted by molar-refractivity contribution is 0.126. The summed E-state index contributed by atoms with van der Waals surface area (Å²) in [7, 11) is 1.75. The Morgan fingerprint density at radius 1 is 1.24 bits per heavy atom. The summed E-state index contributed by atoms with van der Waals surface area (Å²) in [6.07, 6.45) is 1.04. The second-order valence-electron chi connectivity index (χ2n) is 5.54. The molecule has 21 heavy (non-hydrogen) atoms. The molecule has 4 heteroatoms. The zero-order chi connectivity index (χ0) is 15.7. The average molecular weight is 313 g/mol. The standard InChI is InChI=1S/C17H29ClN2O/c1-5-19-17(15-8-6-7-9-16(15)18)10-11-20(14(2)3)12-13-21-4/h6-9,14,17,19H,5,10-13H2,1-4H3. The van der Waals surface area contributed by atoms with Crippen LogP contribution in [0.15, 0.2) is 24.3 Å². The van der Waals surface area contributed by atoms with Crippen LogP contribution >= 0.6 is 11.6 Å². The summed E-state index contributed by atoms with van der Waals surface area (Å²) in [6.45, 7) is 10.3. The Bertz CT molecular complexity index is 398. The molecule has 0 saturated carbocycles. The molecule has 0 spiro atoms. The maximum Gasteiger partial charge on any atom is 0.0589 e. The van der Waals surface area contributed by atoms with Crippen LogP contribution in [-0.4, -0.2) is 44.3 Å². The molecule has 0 aliphatic heterocycles. The summed E-state index contributed by atoms with van der Waals surface area (Å²) in [6, 6.07) is 8.93. The molecule has 0 heterocycles. The van der Waals surface area contributed by atoms with Crippen molar-refractivity contribution in [3.63, 3.8) is 0 Å². The normalized spacial score (nSPS) is 13.1. The summed E-state index contributed by atoms with van der Waals surface area (Å²) in [5, 5.41) is 4.39. The summed E-state index contributed by atoms with van der Waals surface area (Å²) >= 11 is 6.34. The van der Waals surface area contributed by atoms with Gasteiger partial charge in [-0.2, -0.15) is 0 Å². The molecular weight excluding hydrogens is 284 g/mol. The first kappa shape index (κ1) is 18.4. The van der Waals surface area contributed by atoms with Crippen LogP contribution in [0.2, 0.25) is 5.02 Å². The first-order valence-corrected chi connectivity index (χ1v) is 8.18. The van der Waals surface area contributed by atoms with Crippen molar-refractivity contribution in [3.8, 4) is 0 Å². The van der Waals surface area contributed by atoms with Crippen LogP contribution in [0.1, 0.15) is 38.8 Å². The van der Waals surface area contributed by atoms with Crippen molar-refractivity contribution in [2.75, 3.05) is 33.4 Å². The van der Waals surface area contributed by atoms with E-state index in [1.807, 2.05) is 12.1 Å². The Morgan fingerprint density at radius 3 is 2.52 bits per heavy atom. The largest absolute Gasteiger partial charge is 0.383 e.